The van der Waals surface area contributed by atoms with Gasteiger partial charge in [-0.1, -0.05) is 50.2 Å². The summed E-state index contributed by atoms with van der Waals surface area (Å²) in [6.07, 6.45) is 6.10. The summed E-state index contributed by atoms with van der Waals surface area (Å²) in [7, 11) is 0. The molecule has 1 aliphatic rings. The van der Waals surface area contributed by atoms with Gasteiger partial charge in [0, 0.05) is 54.9 Å². The van der Waals surface area contributed by atoms with Crippen LogP contribution in [0.25, 0.3) is 11.4 Å². The van der Waals surface area contributed by atoms with E-state index in [1.807, 2.05) is 61.0 Å². The Morgan fingerprint density at radius 1 is 1.06 bits per heavy atom. The predicted octanol–water partition coefficient (Wildman–Crippen LogP) is 3.63. The molecule has 2 N–H and O–H groups in total. The van der Waals surface area contributed by atoms with E-state index in [-0.39, 0.29) is 11.8 Å². The first kappa shape index (κ1) is 24.2. The van der Waals surface area contributed by atoms with E-state index < -0.39 is 11.8 Å². The van der Waals surface area contributed by atoms with Gasteiger partial charge in [0.25, 0.3) is 0 Å². The molecule has 8 heteroatoms. The molecular formula is C27H31N5O3. The number of aromatic nitrogens is 2. The molecule has 182 valence electrons. The maximum atomic E-state index is 12.6. The van der Waals surface area contributed by atoms with Crippen LogP contribution in [0, 0.1) is 5.92 Å². The maximum Gasteiger partial charge on any atom is 0.313 e. The highest BCUT2D eigenvalue weighted by Gasteiger charge is 2.25. The fourth-order valence-corrected chi connectivity index (χ4v) is 4.25. The Hall–Kier alpha value is -3.94. The Balaban J connectivity index is 1.30. The molecule has 0 saturated carbocycles. The van der Waals surface area contributed by atoms with Gasteiger partial charge in [0.15, 0.2) is 0 Å². The minimum Gasteiger partial charge on any atom is -0.348 e. The van der Waals surface area contributed by atoms with Crippen LogP contribution in [0.4, 0.5) is 11.4 Å². The van der Waals surface area contributed by atoms with E-state index >= 15 is 0 Å². The zero-order valence-electron chi connectivity index (χ0n) is 20.2. The van der Waals surface area contributed by atoms with Crippen LogP contribution in [0.2, 0.25) is 0 Å². The van der Waals surface area contributed by atoms with Gasteiger partial charge < -0.3 is 20.1 Å². The molecule has 2 aromatic carbocycles. The zero-order chi connectivity index (χ0) is 24.8. The van der Waals surface area contributed by atoms with Crippen LogP contribution in [0.1, 0.15) is 32.3 Å². The van der Waals surface area contributed by atoms with Crippen LogP contribution < -0.4 is 15.5 Å². The number of hydrogen-bond acceptors (Lipinski definition) is 4. The third-order valence-corrected chi connectivity index (χ3v) is 6.04. The molecule has 0 spiro atoms. The van der Waals surface area contributed by atoms with Crippen molar-refractivity contribution in [3.05, 3.63) is 66.5 Å². The highest BCUT2D eigenvalue weighted by atomic mass is 16.2. The molecule has 8 nitrogen and oxygen atoms in total. The molecule has 0 fully saturated rings. The first-order valence-corrected chi connectivity index (χ1v) is 12.0. The van der Waals surface area contributed by atoms with Gasteiger partial charge in [0.05, 0.1) is 0 Å². The highest BCUT2D eigenvalue weighted by molar-refractivity contribution is 6.39. The molecule has 2 heterocycles. The van der Waals surface area contributed by atoms with Gasteiger partial charge in [-0.2, -0.15) is 0 Å². The summed E-state index contributed by atoms with van der Waals surface area (Å²) in [6.45, 7) is 5.44. The van der Waals surface area contributed by atoms with Crippen molar-refractivity contribution < 1.29 is 14.4 Å². The first-order valence-electron chi connectivity index (χ1n) is 12.0. The normalized spacial score (nSPS) is 12.8. The number of carbonyl (C=O) groups excluding carboxylic acids is 3. The number of benzene rings is 2. The maximum absolute atomic E-state index is 12.6. The van der Waals surface area contributed by atoms with Gasteiger partial charge in [0.2, 0.25) is 5.91 Å². The molecule has 0 saturated heterocycles. The fraction of sp³-hybridized carbons (Fsp3) is 0.333. The quantitative estimate of drug-likeness (QED) is 0.405. The summed E-state index contributed by atoms with van der Waals surface area (Å²) in [6, 6.07) is 15.4. The van der Waals surface area contributed by atoms with Gasteiger partial charge in [-0.15, -0.1) is 0 Å². The second kappa shape index (κ2) is 11.0. The van der Waals surface area contributed by atoms with Gasteiger partial charge in [0.1, 0.15) is 5.82 Å². The molecule has 0 unspecified atom stereocenters. The van der Waals surface area contributed by atoms with Gasteiger partial charge in [-0.3, -0.25) is 14.4 Å². The number of hydrogen-bond donors (Lipinski definition) is 2. The third kappa shape index (κ3) is 5.77. The predicted molar refractivity (Wildman–Crippen MR) is 136 cm³/mol. The van der Waals surface area contributed by atoms with Crippen LogP contribution in [0.5, 0.6) is 0 Å². The Bertz CT molecular complexity index is 1200. The molecule has 1 aliphatic heterocycles. The fourth-order valence-electron chi connectivity index (χ4n) is 4.25. The molecule has 0 bridgehead atoms. The molecule has 0 atom stereocenters. The summed E-state index contributed by atoms with van der Waals surface area (Å²) in [4.78, 5) is 43.6. The van der Waals surface area contributed by atoms with Crippen molar-refractivity contribution in [1.82, 2.24) is 14.9 Å². The average molecular weight is 474 g/mol. The van der Waals surface area contributed by atoms with Crippen molar-refractivity contribution in [2.45, 2.75) is 39.7 Å². The lowest BCUT2D eigenvalue weighted by Gasteiger charge is -2.31. The van der Waals surface area contributed by atoms with Gasteiger partial charge in [-0.25, -0.2) is 4.98 Å². The molecule has 0 radical (unpaired) electrons. The summed E-state index contributed by atoms with van der Waals surface area (Å²) in [5.74, 6) is -0.606. The van der Waals surface area contributed by atoms with Gasteiger partial charge in [-0.05, 0) is 37.0 Å². The smallest absolute Gasteiger partial charge is 0.313 e. The molecule has 0 aliphatic carbocycles. The number of fused-ring (bicyclic) bond motifs is 1. The summed E-state index contributed by atoms with van der Waals surface area (Å²) in [5, 5.41) is 5.34. The van der Waals surface area contributed by atoms with Crippen LogP contribution >= 0.6 is 0 Å². The van der Waals surface area contributed by atoms with Crippen molar-refractivity contribution >= 4 is 29.1 Å². The van der Waals surface area contributed by atoms with E-state index in [0.29, 0.717) is 31.7 Å². The SMILES string of the molecule is CC(C)C(=O)N1CCCc2ccc(NC(=O)C(=O)NCCCn3ccnc3-c3ccccc3)cc21. The number of aryl methyl sites for hydroxylation is 2. The van der Waals surface area contributed by atoms with E-state index in [9.17, 15) is 14.4 Å². The Morgan fingerprint density at radius 2 is 1.86 bits per heavy atom. The zero-order valence-corrected chi connectivity index (χ0v) is 20.2. The lowest BCUT2D eigenvalue weighted by Crippen LogP contribution is -2.38. The topological polar surface area (TPSA) is 96.3 Å². The van der Waals surface area contributed by atoms with E-state index in [1.165, 1.54) is 0 Å². The first-order chi connectivity index (χ1) is 16.9. The Kier molecular flexibility index (Phi) is 7.60. The minimum absolute atomic E-state index is 0.0560. The molecular weight excluding hydrogens is 442 g/mol. The summed E-state index contributed by atoms with van der Waals surface area (Å²) >= 11 is 0. The summed E-state index contributed by atoms with van der Waals surface area (Å²) < 4.78 is 2.03. The second-order valence-electron chi connectivity index (χ2n) is 8.97. The largest absolute Gasteiger partial charge is 0.348 e. The monoisotopic (exact) mass is 473 g/mol. The van der Waals surface area contributed by atoms with E-state index in [1.54, 1.807) is 23.2 Å². The third-order valence-electron chi connectivity index (χ3n) is 6.04. The highest BCUT2D eigenvalue weighted by Crippen LogP contribution is 2.31. The van der Waals surface area contributed by atoms with Crippen LogP contribution in [0.3, 0.4) is 0 Å². The van der Waals surface area contributed by atoms with Gasteiger partial charge >= 0.3 is 11.8 Å². The average Bonchev–Trinajstić information content (AvgIpc) is 3.34. The Labute approximate surface area is 205 Å². The number of anilines is 2. The molecule has 3 aromatic rings. The van der Waals surface area contributed by atoms with Crippen molar-refractivity contribution in [3.63, 3.8) is 0 Å². The van der Waals surface area contributed by atoms with Crippen molar-refractivity contribution in [3.8, 4) is 11.4 Å². The van der Waals surface area contributed by atoms with E-state index in [4.69, 9.17) is 0 Å². The molecule has 3 amide bonds. The number of rotatable bonds is 7. The van der Waals surface area contributed by atoms with E-state index in [2.05, 4.69) is 15.6 Å². The van der Waals surface area contributed by atoms with Crippen molar-refractivity contribution in [2.24, 2.45) is 5.92 Å². The van der Waals surface area contributed by atoms with Crippen molar-refractivity contribution in [2.75, 3.05) is 23.3 Å². The van der Waals surface area contributed by atoms with E-state index in [0.717, 1.165) is 35.5 Å². The lowest BCUT2D eigenvalue weighted by molar-refractivity contribution is -0.136. The Morgan fingerprint density at radius 3 is 2.63 bits per heavy atom. The van der Waals surface area contributed by atoms with Crippen LogP contribution in [0.15, 0.2) is 60.9 Å². The number of amides is 3. The number of nitrogens with one attached hydrogen (secondary N) is 2. The van der Waals surface area contributed by atoms with Crippen LogP contribution in [-0.4, -0.2) is 40.4 Å². The minimum atomic E-state index is -0.727. The number of nitrogens with zero attached hydrogens (tertiary/aromatic N) is 3. The summed E-state index contributed by atoms with van der Waals surface area (Å²) in [5.41, 5.74) is 3.41. The van der Waals surface area contributed by atoms with Crippen molar-refractivity contribution in [1.29, 1.82) is 0 Å². The standard InChI is InChI=1S/C27H31N5O3/c1-19(2)27(35)32-16-6-10-20-11-12-22(18-23(20)32)30-26(34)25(33)29-13-7-15-31-17-14-28-24(31)21-8-4-3-5-9-21/h3-5,8-9,11-12,14,17-19H,6-7,10,13,15-16H2,1-2H3,(H,29,33)(H,30,34). The number of carbonyl (C=O) groups is 3. The number of imidazole rings is 1. The molecule has 1 aromatic heterocycles. The molecule has 35 heavy (non-hydrogen) atoms. The lowest BCUT2D eigenvalue weighted by atomic mass is 9.99. The van der Waals surface area contributed by atoms with Crippen LogP contribution in [-0.2, 0) is 27.3 Å². The second-order valence-corrected chi connectivity index (χ2v) is 8.97. The molecule has 4 rings (SSSR count).